The molecular formula is C14H19F2N3O2. The van der Waals surface area contributed by atoms with Crippen LogP contribution in [0.3, 0.4) is 0 Å². The maximum absolute atomic E-state index is 13.5. The monoisotopic (exact) mass is 299 g/mol. The van der Waals surface area contributed by atoms with Crippen molar-refractivity contribution in [3.8, 4) is 0 Å². The number of nitrogens with zero attached hydrogens (tertiary/aromatic N) is 2. The Morgan fingerprint density at radius 1 is 1.19 bits per heavy atom. The van der Waals surface area contributed by atoms with E-state index in [9.17, 15) is 18.9 Å². The lowest BCUT2D eigenvalue weighted by Gasteiger charge is -2.20. The molecule has 0 bridgehead atoms. The molecule has 1 aliphatic heterocycles. The third kappa shape index (κ3) is 4.35. The van der Waals surface area contributed by atoms with Crippen molar-refractivity contribution in [3.05, 3.63) is 33.9 Å². The molecule has 0 amide bonds. The first-order valence-corrected chi connectivity index (χ1v) is 7.17. The fraction of sp³-hybridized carbons (Fsp3) is 0.571. The van der Waals surface area contributed by atoms with Gasteiger partial charge in [-0.3, -0.25) is 10.1 Å². The van der Waals surface area contributed by atoms with E-state index in [-0.39, 0.29) is 5.69 Å². The van der Waals surface area contributed by atoms with Crippen LogP contribution in [-0.2, 0) is 0 Å². The number of nitro benzene ring substituents is 1. The van der Waals surface area contributed by atoms with Gasteiger partial charge in [0.2, 0.25) is 5.82 Å². The third-order valence-electron chi connectivity index (χ3n) is 3.65. The lowest BCUT2D eigenvalue weighted by Crippen LogP contribution is -2.30. The van der Waals surface area contributed by atoms with Gasteiger partial charge in [0.15, 0.2) is 0 Å². The minimum absolute atomic E-state index is 0.104. The summed E-state index contributed by atoms with van der Waals surface area (Å²) in [6, 6.07) is 1.49. The molecule has 0 unspecified atom stereocenters. The number of hydrogen-bond acceptors (Lipinski definition) is 4. The Labute approximate surface area is 122 Å². The van der Waals surface area contributed by atoms with Gasteiger partial charge in [0.1, 0.15) is 11.5 Å². The van der Waals surface area contributed by atoms with Crippen molar-refractivity contribution in [1.29, 1.82) is 0 Å². The maximum Gasteiger partial charge on any atom is 0.327 e. The Morgan fingerprint density at radius 3 is 2.48 bits per heavy atom. The zero-order valence-electron chi connectivity index (χ0n) is 11.8. The van der Waals surface area contributed by atoms with Gasteiger partial charge in [0, 0.05) is 25.2 Å². The molecule has 0 aliphatic carbocycles. The molecular weight excluding hydrogens is 280 g/mol. The van der Waals surface area contributed by atoms with Crippen LogP contribution in [0.4, 0.5) is 20.2 Å². The lowest BCUT2D eigenvalue weighted by atomic mass is 10.2. The van der Waals surface area contributed by atoms with E-state index < -0.39 is 22.2 Å². The van der Waals surface area contributed by atoms with Crippen molar-refractivity contribution in [2.75, 3.05) is 31.5 Å². The molecule has 1 aromatic carbocycles. The van der Waals surface area contributed by atoms with E-state index in [4.69, 9.17) is 0 Å². The van der Waals surface area contributed by atoms with Gasteiger partial charge >= 0.3 is 5.69 Å². The molecule has 1 heterocycles. The van der Waals surface area contributed by atoms with Crippen molar-refractivity contribution in [1.82, 2.24) is 4.90 Å². The summed E-state index contributed by atoms with van der Waals surface area (Å²) in [6.45, 7) is 3.13. The van der Waals surface area contributed by atoms with Gasteiger partial charge in [-0.2, -0.15) is 4.39 Å². The summed E-state index contributed by atoms with van der Waals surface area (Å²) >= 11 is 0. The fourth-order valence-corrected chi connectivity index (χ4v) is 2.59. The Bertz CT molecular complexity index is 503. The number of nitrogens with one attached hydrogen (secondary N) is 1. The van der Waals surface area contributed by atoms with E-state index in [1.165, 1.54) is 12.8 Å². The van der Waals surface area contributed by atoms with Crippen LogP contribution in [0.15, 0.2) is 12.1 Å². The first-order chi connectivity index (χ1) is 10.1. The van der Waals surface area contributed by atoms with E-state index in [0.717, 1.165) is 32.0 Å². The zero-order valence-corrected chi connectivity index (χ0v) is 11.8. The number of nitro groups is 1. The standard InChI is InChI=1S/C14H19F2N3O2/c15-11-9-12(16)14(19(20)21)13(10-11)17-5-8-18-6-3-1-2-4-7-18/h9-10,17H,1-8H2. The topological polar surface area (TPSA) is 58.4 Å². The van der Waals surface area contributed by atoms with Gasteiger partial charge in [-0.25, -0.2) is 4.39 Å². The van der Waals surface area contributed by atoms with E-state index in [0.29, 0.717) is 19.2 Å². The second-order valence-corrected chi connectivity index (χ2v) is 5.22. The molecule has 5 nitrogen and oxygen atoms in total. The molecule has 1 aliphatic rings. The minimum atomic E-state index is -1.16. The predicted molar refractivity (Wildman–Crippen MR) is 76.4 cm³/mol. The van der Waals surface area contributed by atoms with Gasteiger partial charge < -0.3 is 10.2 Å². The Kier molecular flexibility index (Phi) is 5.44. The predicted octanol–water partition coefficient (Wildman–Crippen LogP) is 3.16. The maximum atomic E-state index is 13.5. The molecule has 1 fully saturated rings. The number of likely N-dealkylation sites (tertiary alicyclic amines) is 1. The quantitative estimate of drug-likeness (QED) is 0.670. The van der Waals surface area contributed by atoms with E-state index in [2.05, 4.69) is 10.2 Å². The molecule has 0 aromatic heterocycles. The van der Waals surface area contributed by atoms with Gasteiger partial charge in [0.05, 0.1) is 4.92 Å². The average Bonchev–Trinajstić information content (AvgIpc) is 2.66. The summed E-state index contributed by atoms with van der Waals surface area (Å²) in [5.74, 6) is -1.98. The highest BCUT2D eigenvalue weighted by atomic mass is 19.1. The molecule has 7 heteroatoms. The summed E-state index contributed by atoms with van der Waals surface area (Å²) < 4.78 is 26.7. The molecule has 116 valence electrons. The van der Waals surface area contributed by atoms with Crippen LogP contribution in [0.5, 0.6) is 0 Å². The molecule has 2 rings (SSSR count). The average molecular weight is 299 g/mol. The van der Waals surface area contributed by atoms with E-state index in [1.807, 2.05) is 0 Å². The Balaban J connectivity index is 1.97. The fourth-order valence-electron chi connectivity index (χ4n) is 2.59. The summed E-state index contributed by atoms with van der Waals surface area (Å²) in [4.78, 5) is 12.3. The molecule has 0 radical (unpaired) electrons. The van der Waals surface area contributed by atoms with E-state index in [1.54, 1.807) is 0 Å². The SMILES string of the molecule is O=[N+]([O-])c1c(F)cc(F)cc1NCCN1CCCCCC1. The number of rotatable bonds is 5. The highest BCUT2D eigenvalue weighted by molar-refractivity contribution is 5.62. The normalized spacial score (nSPS) is 16.5. The summed E-state index contributed by atoms with van der Waals surface area (Å²) in [5.41, 5.74) is -0.806. The zero-order chi connectivity index (χ0) is 15.2. The third-order valence-corrected chi connectivity index (χ3v) is 3.65. The number of benzene rings is 1. The van der Waals surface area contributed by atoms with Crippen LogP contribution < -0.4 is 5.32 Å². The van der Waals surface area contributed by atoms with Crippen LogP contribution >= 0.6 is 0 Å². The molecule has 1 saturated heterocycles. The first-order valence-electron chi connectivity index (χ1n) is 7.17. The summed E-state index contributed by atoms with van der Waals surface area (Å²) in [6.07, 6.45) is 4.75. The molecule has 21 heavy (non-hydrogen) atoms. The van der Waals surface area contributed by atoms with Crippen LogP contribution in [0.1, 0.15) is 25.7 Å². The van der Waals surface area contributed by atoms with Crippen LogP contribution in [0, 0.1) is 21.7 Å². The van der Waals surface area contributed by atoms with Crippen LogP contribution in [-0.4, -0.2) is 36.0 Å². The molecule has 0 spiro atoms. The number of hydrogen-bond donors (Lipinski definition) is 1. The molecule has 0 atom stereocenters. The molecule has 1 N–H and O–H groups in total. The van der Waals surface area contributed by atoms with Gasteiger partial charge in [0.25, 0.3) is 0 Å². The van der Waals surface area contributed by atoms with Crippen LogP contribution in [0.25, 0.3) is 0 Å². The van der Waals surface area contributed by atoms with Crippen molar-refractivity contribution >= 4 is 11.4 Å². The Morgan fingerprint density at radius 2 is 1.86 bits per heavy atom. The Hall–Kier alpha value is -1.76. The van der Waals surface area contributed by atoms with Crippen molar-refractivity contribution in [2.24, 2.45) is 0 Å². The molecule has 0 saturated carbocycles. The van der Waals surface area contributed by atoms with Gasteiger partial charge in [-0.05, 0) is 25.9 Å². The van der Waals surface area contributed by atoms with Gasteiger partial charge in [-0.15, -0.1) is 0 Å². The highest BCUT2D eigenvalue weighted by Crippen LogP contribution is 2.28. The first kappa shape index (κ1) is 15.6. The lowest BCUT2D eigenvalue weighted by molar-refractivity contribution is -0.386. The van der Waals surface area contributed by atoms with Crippen molar-refractivity contribution in [2.45, 2.75) is 25.7 Å². The smallest absolute Gasteiger partial charge is 0.327 e. The second kappa shape index (κ2) is 7.31. The molecule has 1 aromatic rings. The number of halogens is 2. The summed E-state index contributed by atoms with van der Waals surface area (Å²) in [5, 5.41) is 13.6. The van der Waals surface area contributed by atoms with E-state index >= 15 is 0 Å². The largest absolute Gasteiger partial charge is 0.378 e. The van der Waals surface area contributed by atoms with Gasteiger partial charge in [-0.1, -0.05) is 12.8 Å². The van der Waals surface area contributed by atoms with Crippen LogP contribution in [0.2, 0.25) is 0 Å². The van der Waals surface area contributed by atoms with Crippen molar-refractivity contribution < 1.29 is 13.7 Å². The summed E-state index contributed by atoms with van der Waals surface area (Å²) in [7, 11) is 0. The van der Waals surface area contributed by atoms with Crippen molar-refractivity contribution in [3.63, 3.8) is 0 Å². The highest BCUT2D eigenvalue weighted by Gasteiger charge is 2.21. The number of anilines is 1. The second-order valence-electron chi connectivity index (χ2n) is 5.22. The minimum Gasteiger partial charge on any atom is -0.378 e.